The molecule has 1 N–H and O–H groups in total. The summed E-state index contributed by atoms with van der Waals surface area (Å²) in [7, 11) is 0. The minimum Gasteiger partial charge on any atom is -0.342 e. The first-order valence-corrected chi connectivity index (χ1v) is 5.98. The Balaban J connectivity index is 1.91. The first kappa shape index (κ1) is 11.8. The molecule has 1 amide bonds. The molecule has 1 aliphatic heterocycles. The molecule has 5 nitrogen and oxygen atoms in total. The molecule has 1 unspecified atom stereocenters. The predicted octanol–water partition coefficient (Wildman–Crippen LogP) is 2.00. The van der Waals surface area contributed by atoms with Crippen LogP contribution in [0.25, 0.3) is 11.4 Å². The fraction of sp³-hybridized carbons (Fsp3) is 0.308. The van der Waals surface area contributed by atoms with Crippen molar-refractivity contribution in [2.45, 2.75) is 25.3 Å². The van der Waals surface area contributed by atoms with Crippen LogP contribution in [0.2, 0.25) is 0 Å². The molecule has 6 heteroatoms. The lowest BCUT2D eigenvalue weighted by molar-refractivity contribution is -0.119. The number of aromatic nitrogens is 2. The van der Waals surface area contributed by atoms with Crippen LogP contribution >= 0.6 is 0 Å². The second-order valence-corrected chi connectivity index (χ2v) is 4.81. The number of nitrogens with one attached hydrogen (secondary N) is 1. The van der Waals surface area contributed by atoms with Gasteiger partial charge in [0, 0.05) is 12.0 Å². The fourth-order valence-corrected chi connectivity index (χ4v) is 2.12. The average Bonchev–Trinajstić information content (AvgIpc) is 2.99. The minimum absolute atomic E-state index is 0.0240. The Morgan fingerprint density at radius 3 is 2.74 bits per heavy atom. The zero-order valence-corrected chi connectivity index (χ0v) is 10.3. The van der Waals surface area contributed by atoms with Crippen LogP contribution in [0, 0.1) is 5.82 Å². The third-order valence-electron chi connectivity index (χ3n) is 3.27. The Bertz CT molecular complexity index is 623. The molecule has 0 radical (unpaired) electrons. The monoisotopic (exact) mass is 261 g/mol. The average molecular weight is 261 g/mol. The molecule has 0 spiro atoms. The Morgan fingerprint density at radius 2 is 2.11 bits per heavy atom. The van der Waals surface area contributed by atoms with Gasteiger partial charge in [-0.2, -0.15) is 4.98 Å². The lowest BCUT2D eigenvalue weighted by Gasteiger charge is -2.17. The fourth-order valence-electron chi connectivity index (χ4n) is 2.12. The van der Waals surface area contributed by atoms with Gasteiger partial charge in [-0.1, -0.05) is 5.16 Å². The van der Waals surface area contributed by atoms with E-state index in [0.717, 1.165) is 0 Å². The molecule has 1 fully saturated rings. The van der Waals surface area contributed by atoms with Gasteiger partial charge in [-0.05, 0) is 37.6 Å². The summed E-state index contributed by atoms with van der Waals surface area (Å²) in [6, 6.07) is 5.84. The Labute approximate surface area is 108 Å². The number of benzene rings is 1. The number of hydrogen-bond acceptors (Lipinski definition) is 4. The van der Waals surface area contributed by atoms with Gasteiger partial charge in [-0.3, -0.25) is 4.79 Å². The molecule has 19 heavy (non-hydrogen) atoms. The van der Waals surface area contributed by atoms with E-state index in [2.05, 4.69) is 15.5 Å². The summed E-state index contributed by atoms with van der Waals surface area (Å²) in [5.41, 5.74) is 0.0619. The molecule has 1 aromatic carbocycles. The molecule has 2 aromatic rings. The van der Waals surface area contributed by atoms with Gasteiger partial charge >= 0.3 is 0 Å². The summed E-state index contributed by atoms with van der Waals surface area (Å²) in [5.74, 6) is 0.418. The molecule has 2 heterocycles. The van der Waals surface area contributed by atoms with Crippen molar-refractivity contribution in [3.05, 3.63) is 36.0 Å². The van der Waals surface area contributed by atoms with Gasteiger partial charge in [0.1, 0.15) is 11.4 Å². The molecule has 1 aliphatic rings. The maximum Gasteiger partial charge on any atom is 0.252 e. The molecule has 1 atom stereocenters. The van der Waals surface area contributed by atoms with E-state index in [1.807, 2.05) is 6.92 Å². The van der Waals surface area contributed by atoms with Crippen LogP contribution in [-0.4, -0.2) is 16.0 Å². The summed E-state index contributed by atoms with van der Waals surface area (Å²) < 4.78 is 18.1. The van der Waals surface area contributed by atoms with Crippen molar-refractivity contribution >= 4 is 5.91 Å². The first-order chi connectivity index (χ1) is 9.07. The van der Waals surface area contributed by atoms with Gasteiger partial charge in [-0.25, -0.2) is 4.39 Å². The molecular weight excluding hydrogens is 249 g/mol. The normalized spacial score (nSPS) is 22.5. The summed E-state index contributed by atoms with van der Waals surface area (Å²) >= 11 is 0. The highest BCUT2D eigenvalue weighted by molar-refractivity contribution is 5.79. The van der Waals surface area contributed by atoms with Crippen molar-refractivity contribution in [1.29, 1.82) is 0 Å². The highest BCUT2D eigenvalue weighted by Crippen LogP contribution is 2.30. The van der Waals surface area contributed by atoms with Crippen LogP contribution in [-0.2, 0) is 10.3 Å². The van der Waals surface area contributed by atoms with Crippen molar-refractivity contribution in [2.24, 2.45) is 0 Å². The van der Waals surface area contributed by atoms with Crippen molar-refractivity contribution in [2.75, 3.05) is 0 Å². The molecule has 3 rings (SSSR count). The van der Waals surface area contributed by atoms with Gasteiger partial charge in [0.25, 0.3) is 5.89 Å². The van der Waals surface area contributed by atoms with E-state index in [4.69, 9.17) is 4.52 Å². The number of carbonyl (C=O) groups excluding carboxylic acids is 1. The highest BCUT2D eigenvalue weighted by atomic mass is 19.1. The Morgan fingerprint density at radius 1 is 1.37 bits per heavy atom. The van der Waals surface area contributed by atoms with E-state index in [1.54, 1.807) is 12.1 Å². The van der Waals surface area contributed by atoms with Crippen LogP contribution in [0.4, 0.5) is 4.39 Å². The minimum atomic E-state index is -0.609. The van der Waals surface area contributed by atoms with Gasteiger partial charge in [0.15, 0.2) is 0 Å². The number of carbonyl (C=O) groups is 1. The van der Waals surface area contributed by atoms with E-state index in [1.165, 1.54) is 12.1 Å². The van der Waals surface area contributed by atoms with E-state index in [9.17, 15) is 9.18 Å². The lowest BCUT2D eigenvalue weighted by Crippen LogP contribution is -2.35. The van der Waals surface area contributed by atoms with Crippen molar-refractivity contribution in [3.8, 4) is 11.4 Å². The molecule has 1 aromatic heterocycles. The summed E-state index contributed by atoms with van der Waals surface area (Å²) in [6.07, 6.45) is 1.07. The number of halogens is 1. The Hall–Kier alpha value is -2.24. The smallest absolute Gasteiger partial charge is 0.252 e. The molecule has 98 valence electrons. The zero-order valence-electron chi connectivity index (χ0n) is 10.3. The van der Waals surface area contributed by atoms with Gasteiger partial charge in [-0.15, -0.1) is 0 Å². The van der Waals surface area contributed by atoms with Crippen LogP contribution < -0.4 is 5.32 Å². The maximum atomic E-state index is 12.8. The third kappa shape index (κ3) is 2.09. The SMILES string of the molecule is CC1(c2nc(-c3ccc(F)cc3)no2)CCC(=O)N1. The van der Waals surface area contributed by atoms with Crippen LogP contribution in [0.3, 0.4) is 0 Å². The van der Waals surface area contributed by atoms with E-state index >= 15 is 0 Å². The van der Waals surface area contributed by atoms with Crippen LogP contribution in [0.15, 0.2) is 28.8 Å². The number of hydrogen-bond donors (Lipinski definition) is 1. The largest absolute Gasteiger partial charge is 0.342 e. The molecule has 0 aliphatic carbocycles. The summed E-state index contributed by atoms with van der Waals surface area (Å²) in [6.45, 7) is 1.85. The zero-order chi connectivity index (χ0) is 13.5. The topological polar surface area (TPSA) is 68.0 Å². The Kier molecular flexibility index (Phi) is 2.58. The van der Waals surface area contributed by atoms with Gasteiger partial charge in [0.05, 0.1) is 0 Å². The highest BCUT2D eigenvalue weighted by Gasteiger charge is 2.39. The first-order valence-electron chi connectivity index (χ1n) is 5.98. The molecular formula is C13H12FN3O2. The van der Waals surface area contributed by atoms with Crippen molar-refractivity contribution in [1.82, 2.24) is 15.5 Å². The van der Waals surface area contributed by atoms with Crippen molar-refractivity contribution in [3.63, 3.8) is 0 Å². The van der Waals surface area contributed by atoms with Gasteiger partial charge < -0.3 is 9.84 Å². The summed E-state index contributed by atoms with van der Waals surface area (Å²) in [5, 5.41) is 6.70. The molecule has 0 bridgehead atoms. The molecule has 1 saturated heterocycles. The number of amides is 1. The second-order valence-electron chi connectivity index (χ2n) is 4.81. The quantitative estimate of drug-likeness (QED) is 0.897. The third-order valence-corrected chi connectivity index (χ3v) is 3.27. The van der Waals surface area contributed by atoms with Crippen molar-refractivity contribution < 1.29 is 13.7 Å². The maximum absolute atomic E-state index is 12.8. The van der Waals surface area contributed by atoms with E-state index < -0.39 is 5.54 Å². The van der Waals surface area contributed by atoms with Crippen LogP contribution in [0.1, 0.15) is 25.7 Å². The summed E-state index contributed by atoms with van der Waals surface area (Å²) in [4.78, 5) is 15.6. The number of rotatable bonds is 2. The van der Waals surface area contributed by atoms with E-state index in [-0.39, 0.29) is 11.7 Å². The lowest BCUT2D eigenvalue weighted by atomic mass is 10.0. The van der Waals surface area contributed by atoms with Crippen LogP contribution in [0.5, 0.6) is 0 Å². The number of nitrogens with zero attached hydrogens (tertiary/aromatic N) is 2. The van der Waals surface area contributed by atoms with Gasteiger partial charge in [0.2, 0.25) is 11.7 Å². The molecule has 0 saturated carbocycles. The second kappa shape index (κ2) is 4.15. The standard InChI is InChI=1S/C13H12FN3O2/c1-13(7-6-10(18)16-13)12-15-11(17-19-12)8-2-4-9(14)5-3-8/h2-5H,6-7H2,1H3,(H,16,18). The van der Waals surface area contributed by atoms with E-state index in [0.29, 0.717) is 30.1 Å². The predicted molar refractivity (Wildman–Crippen MR) is 64.4 cm³/mol.